The zero-order valence-electron chi connectivity index (χ0n) is 19.4. The number of nitro groups is 1. The first kappa shape index (κ1) is 23.6. The molecule has 0 aliphatic heterocycles. The number of non-ortho nitro benzene ring substituents is 1. The summed E-state index contributed by atoms with van der Waals surface area (Å²) >= 11 is 1.48. The average Bonchev–Trinajstić information content (AvgIpc) is 3.16. The number of carbonyl (C=O) groups excluding carboxylic acids is 1. The Morgan fingerprint density at radius 1 is 1.24 bits per heavy atom. The minimum atomic E-state index is -0.522. The minimum Gasteiger partial charge on any atom is -0.507 e. The molecule has 0 bridgehead atoms. The molecule has 0 spiro atoms. The lowest BCUT2D eigenvalue weighted by molar-refractivity contribution is -0.384. The molecule has 1 aromatic heterocycles. The van der Waals surface area contributed by atoms with Gasteiger partial charge < -0.3 is 10.4 Å². The van der Waals surface area contributed by atoms with Crippen LogP contribution in [0.2, 0.25) is 0 Å². The summed E-state index contributed by atoms with van der Waals surface area (Å²) in [6.45, 7) is 6.72. The standard InChI is InChI=1S/C26H27N3O4S/c1-26(2,3)17-9-11-20-22(14-17)34-25(23(20)24(31)28-18-7-5-4-6-8-18)27-15-16-13-19(29(32)33)10-12-21(16)30/h4-8,10,12-13,15,17,30H,9,11,14H2,1-3H3,(H,28,31)/t17-/m0/s1. The first-order valence-electron chi connectivity index (χ1n) is 11.2. The van der Waals surface area contributed by atoms with Crippen molar-refractivity contribution >= 4 is 39.8 Å². The molecule has 0 fully saturated rings. The number of nitrogens with one attached hydrogen (secondary N) is 1. The van der Waals surface area contributed by atoms with Crippen LogP contribution >= 0.6 is 11.3 Å². The summed E-state index contributed by atoms with van der Waals surface area (Å²) in [5.74, 6) is 0.161. The molecule has 8 heteroatoms. The van der Waals surface area contributed by atoms with Crippen LogP contribution in [0.4, 0.5) is 16.4 Å². The monoisotopic (exact) mass is 477 g/mol. The third-order valence-electron chi connectivity index (χ3n) is 6.27. The van der Waals surface area contributed by atoms with Crippen molar-refractivity contribution in [1.82, 2.24) is 0 Å². The fourth-order valence-corrected chi connectivity index (χ4v) is 5.51. The first-order valence-corrected chi connectivity index (χ1v) is 12.0. The second-order valence-electron chi connectivity index (χ2n) is 9.57. The van der Waals surface area contributed by atoms with Crippen molar-refractivity contribution in [3.05, 3.63) is 80.2 Å². The summed E-state index contributed by atoms with van der Waals surface area (Å²) in [6, 6.07) is 13.0. The number of rotatable bonds is 5. The molecule has 0 saturated heterocycles. The third kappa shape index (κ3) is 5.02. The van der Waals surface area contributed by atoms with Gasteiger partial charge in [-0.3, -0.25) is 14.9 Å². The number of carbonyl (C=O) groups is 1. The van der Waals surface area contributed by atoms with Crippen molar-refractivity contribution in [2.24, 2.45) is 16.3 Å². The minimum absolute atomic E-state index is 0.112. The summed E-state index contributed by atoms with van der Waals surface area (Å²) in [7, 11) is 0. The first-order chi connectivity index (χ1) is 16.1. The van der Waals surface area contributed by atoms with Crippen molar-refractivity contribution in [3.63, 3.8) is 0 Å². The number of amides is 1. The Labute approximate surface area is 202 Å². The second-order valence-corrected chi connectivity index (χ2v) is 10.7. The van der Waals surface area contributed by atoms with E-state index in [2.05, 4.69) is 31.1 Å². The molecule has 7 nitrogen and oxygen atoms in total. The lowest BCUT2D eigenvalue weighted by Crippen LogP contribution is -2.27. The fourth-order valence-electron chi connectivity index (χ4n) is 4.24. The normalized spacial score (nSPS) is 15.8. The van der Waals surface area contributed by atoms with Gasteiger partial charge in [0.1, 0.15) is 10.8 Å². The van der Waals surface area contributed by atoms with E-state index in [9.17, 15) is 20.0 Å². The number of fused-ring (bicyclic) bond motifs is 1. The van der Waals surface area contributed by atoms with Crippen LogP contribution in [0.3, 0.4) is 0 Å². The summed E-state index contributed by atoms with van der Waals surface area (Å²) < 4.78 is 0. The molecule has 1 atom stereocenters. The van der Waals surface area contributed by atoms with Crippen molar-refractivity contribution in [3.8, 4) is 5.75 Å². The number of nitro benzene ring substituents is 1. The molecule has 3 aromatic rings. The number of para-hydroxylation sites is 1. The lowest BCUT2D eigenvalue weighted by atomic mass is 9.72. The molecular formula is C26H27N3O4S. The average molecular weight is 478 g/mol. The van der Waals surface area contributed by atoms with Gasteiger partial charge in [0.05, 0.1) is 10.5 Å². The molecule has 4 rings (SSSR count). The number of hydrogen-bond acceptors (Lipinski definition) is 6. The largest absolute Gasteiger partial charge is 0.507 e. The molecule has 1 heterocycles. The molecule has 0 saturated carbocycles. The molecule has 1 aliphatic carbocycles. The van der Waals surface area contributed by atoms with Crippen LogP contribution in [0.25, 0.3) is 0 Å². The smallest absolute Gasteiger partial charge is 0.270 e. The maximum atomic E-state index is 13.4. The second kappa shape index (κ2) is 9.38. The molecule has 34 heavy (non-hydrogen) atoms. The van der Waals surface area contributed by atoms with E-state index in [1.165, 1.54) is 35.8 Å². The van der Waals surface area contributed by atoms with E-state index in [1.54, 1.807) is 0 Å². The molecule has 176 valence electrons. The van der Waals surface area contributed by atoms with Crippen LogP contribution in [0.15, 0.2) is 53.5 Å². The third-order valence-corrected chi connectivity index (χ3v) is 7.44. The van der Waals surface area contributed by atoms with Gasteiger partial charge in [-0.1, -0.05) is 39.0 Å². The van der Waals surface area contributed by atoms with Gasteiger partial charge in [-0.15, -0.1) is 11.3 Å². The van der Waals surface area contributed by atoms with Gasteiger partial charge in [-0.2, -0.15) is 0 Å². The molecule has 2 aromatic carbocycles. The van der Waals surface area contributed by atoms with Gasteiger partial charge in [-0.05, 0) is 54.4 Å². The number of hydrogen-bond donors (Lipinski definition) is 2. The van der Waals surface area contributed by atoms with Gasteiger partial charge in [0, 0.05) is 34.5 Å². The van der Waals surface area contributed by atoms with Crippen LogP contribution in [-0.2, 0) is 12.8 Å². The van der Waals surface area contributed by atoms with E-state index in [0.717, 1.165) is 29.7 Å². The number of phenols is 1. The Hall–Kier alpha value is -3.52. The lowest BCUT2D eigenvalue weighted by Gasteiger charge is -2.33. The fraction of sp³-hybridized carbons (Fsp3) is 0.308. The zero-order valence-corrected chi connectivity index (χ0v) is 20.2. The topological polar surface area (TPSA) is 105 Å². The van der Waals surface area contributed by atoms with Crippen LogP contribution in [0.5, 0.6) is 5.75 Å². The maximum Gasteiger partial charge on any atom is 0.270 e. The number of anilines is 1. The van der Waals surface area contributed by atoms with E-state index < -0.39 is 4.92 Å². The van der Waals surface area contributed by atoms with E-state index in [4.69, 9.17) is 0 Å². The predicted molar refractivity (Wildman–Crippen MR) is 136 cm³/mol. The highest BCUT2D eigenvalue weighted by molar-refractivity contribution is 7.16. The Morgan fingerprint density at radius 2 is 1.97 bits per heavy atom. The van der Waals surface area contributed by atoms with Crippen molar-refractivity contribution in [2.45, 2.75) is 40.0 Å². The highest BCUT2D eigenvalue weighted by Gasteiger charge is 2.33. The van der Waals surface area contributed by atoms with Gasteiger partial charge in [0.25, 0.3) is 11.6 Å². The van der Waals surface area contributed by atoms with Crippen molar-refractivity contribution in [1.29, 1.82) is 0 Å². The summed E-state index contributed by atoms with van der Waals surface area (Å²) in [5, 5.41) is 24.8. The molecule has 0 unspecified atom stereocenters. The van der Waals surface area contributed by atoms with Crippen LogP contribution in [0.1, 0.15) is 53.6 Å². The number of thiophene rings is 1. The Bertz CT molecular complexity index is 1260. The Kier molecular flexibility index (Phi) is 6.52. The van der Waals surface area contributed by atoms with Gasteiger partial charge >= 0.3 is 0 Å². The van der Waals surface area contributed by atoms with Gasteiger partial charge in [0.2, 0.25) is 0 Å². The van der Waals surface area contributed by atoms with Gasteiger partial charge in [-0.25, -0.2) is 4.99 Å². The quantitative estimate of drug-likeness (QED) is 0.248. The number of benzene rings is 2. The summed E-state index contributed by atoms with van der Waals surface area (Å²) in [6.07, 6.45) is 4.06. The molecule has 1 aliphatic rings. The molecule has 1 amide bonds. The van der Waals surface area contributed by atoms with E-state index >= 15 is 0 Å². The van der Waals surface area contributed by atoms with Crippen LogP contribution < -0.4 is 5.32 Å². The van der Waals surface area contributed by atoms with Gasteiger partial charge in [0.15, 0.2) is 0 Å². The predicted octanol–water partition coefficient (Wildman–Crippen LogP) is 6.52. The van der Waals surface area contributed by atoms with E-state index in [-0.39, 0.29) is 28.3 Å². The number of nitrogens with zero attached hydrogens (tertiary/aromatic N) is 2. The summed E-state index contributed by atoms with van der Waals surface area (Å²) in [4.78, 5) is 29.7. The molecular weight excluding hydrogens is 450 g/mol. The van der Waals surface area contributed by atoms with Crippen molar-refractivity contribution in [2.75, 3.05) is 5.32 Å². The summed E-state index contributed by atoms with van der Waals surface area (Å²) in [5.41, 5.74) is 2.50. The van der Waals surface area contributed by atoms with Crippen LogP contribution in [-0.4, -0.2) is 22.2 Å². The van der Waals surface area contributed by atoms with Crippen molar-refractivity contribution < 1.29 is 14.8 Å². The number of aromatic hydroxyl groups is 1. The zero-order chi connectivity index (χ0) is 24.5. The highest BCUT2D eigenvalue weighted by atomic mass is 32.1. The van der Waals surface area contributed by atoms with E-state index in [1.807, 2.05) is 30.3 Å². The maximum absolute atomic E-state index is 13.4. The molecule has 2 N–H and O–H groups in total. The van der Waals surface area contributed by atoms with Crippen LogP contribution in [0, 0.1) is 21.4 Å². The Morgan fingerprint density at radius 3 is 2.65 bits per heavy atom. The SMILES string of the molecule is CC(C)(C)[C@H]1CCc2c(sc(N=Cc3cc([N+](=O)[O-])ccc3O)c2C(=O)Nc2ccccc2)C1. The highest BCUT2D eigenvalue weighted by Crippen LogP contribution is 2.45. The molecule has 0 radical (unpaired) electrons. The van der Waals surface area contributed by atoms with E-state index in [0.29, 0.717) is 22.2 Å². The Balaban J connectivity index is 1.73. The number of phenolic OH excluding ortho intramolecular Hbond substituents is 1. The number of aliphatic imine (C=N–C) groups is 1.